The number of anilines is 2. The molecule has 0 aliphatic carbocycles. The molecule has 2 aromatic rings. The second kappa shape index (κ2) is 7.56. The van der Waals surface area contributed by atoms with Gasteiger partial charge in [0.1, 0.15) is 5.82 Å². The van der Waals surface area contributed by atoms with Gasteiger partial charge in [0, 0.05) is 30.0 Å². The first-order valence-corrected chi connectivity index (χ1v) is 8.66. The van der Waals surface area contributed by atoms with Crippen molar-refractivity contribution in [2.45, 2.75) is 19.8 Å². The van der Waals surface area contributed by atoms with E-state index in [0.29, 0.717) is 30.0 Å². The topological polar surface area (TPSA) is 75.4 Å². The van der Waals surface area contributed by atoms with E-state index in [9.17, 15) is 14.0 Å². The summed E-state index contributed by atoms with van der Waals surface area (Å²) in [5.41, 5.74) is 8.43. The van der Waals surface area contributed by atoms with Crippen LogP contribution >= 0.6 is 0 Å². The molecule has 0 bridgehead atoms. The number of nitrogens with one attached hydrogen (secondary N) is 1. The Morgan fingerprint density at radius 1 is 1.19 bits per heavy atom. The van der Waals surface area contributed by atoms with Crippen LogP contribution in [0.2, 0.25) is 0 Å². The van der Waals surface area contributed by atoms with Crippen LogP contribution < -0.4 is 11.1 Å². The van der Waals surface area contributed by atoms with Gasteiger partial charge in [-0.25, -0.2) is 4.39 Å². The van der Waals surface area contributed by atoms with Gasteiger partial charge in [-0.3, -0.25) is 9.59 Å². The lowest BCUT2D eigenvalue weighted by molar-refractivity contribution is -0.121. The number of benzene rings is 2. The maximum atomic E-state index is 13.0. The van der Waals surface area contributed by atoms with Gasteiger partial charge in [0.05, 0.1) is 5.92 Å². The van der Waals surface area contributed by atoms with Crippen LogP contribution in [-0.4, -0.2) is 29.8 Å². The fraction of sp³-hybridized carbons (Fsp3) is 0.300. The fourth-order valence-corrected chi connectivity index (χ4v) is 3.16. The van der Waals surface area contributed by atoms with Gasteiger partial charge in [0.15, 0.2) is 0 Å². The van der Waals surface area contributed by atoms with Gasteiger partial charge >= 0.3 is 0 Å². The highest BCUT2D eigenvalue weighted by molar-refractivity contribution is 5.96. The van der Waals surface area contributed by atoms with Gasteiger partial charge in [0.25, 0.3) is 5.91 Å². The normalized spacial score (nSPS) is 17.0. The Hall–Kier alpha value is -2.89. The van der Waals surface area contributed by atoms with Crippen molar-refractivity contribution in [3.8, 4) is 0 Å². The number of carbonyl (C=O) groups excluding carboxylic acids is 2. The van der Waals surface area contributed by atoms with Crippen LogP contribution in [0.3, 0.4) is 0 Å². The molecule has 3 N–H and O–H groups in total. The molecule has 6 heteroatoms. The molecule has 1 fully saturated rings. The number of halogens is 1. The lowest BCUT2D eigenvalue weighted by Crippen LogP contribution is -2.43. The van der Waals surface area contributed by atoms with Gasteiger partial charge in [-0.1, -0.05) is 6.07 Å². The molecule has 5 nitrogen and oxygen atoms in total. The average Bonchev–Trinajstić information content (AvgIpc) is 2.65. The fourth-order valence-electron chi connectivity index (χ4n) is 3.16. The SMILES string of the molecule is Cc1ccc(N)cc1NC(=O)C1CCCN(C(=O)c2ccc(F)cc2)C1. The third kappa shape index (κ3) is 4.02. The minimum absolute atomic E-state index is 0.115. The van der Waals surface area contributed by atoms with E-state index in [-0.39, 0.29) is 23.5 Å². The standard InChI is InChI=1S/C20H22FN3O2/c1-13-4-9-17(22)11-18(13)23-19(25)15-3-2-10-24(12-15)20(26)14-5-7-16(21)8-6-14/h4-9,11,15H,2-3,10,12,22H2,1H3,(H,23,25). The molecule has 1 aliphatic heterocycles. The van der Waals surface area contributed by atoms with Crippen molar-refractivity contribution >= 4 is 23.2 Å². The molecule has 136 valence electrons. The third-order valence-corrected chi connectivity index (χ3v) is 4.69. The average molecular weight is 355 g/mol. The maximum absolute atomic E-state index is 13.0. The summed E-state index contributed by atoms with van der Waals surface area (Å²) >= 11 is 0. The second-order valence-corrected chi connectivity index (χ2v) is 6.66. The van der Waals surface area contributed by atoms with Crippen molar-refractivity contribution in [1.82, 2.24) is 4.90 Å². The van der Waals surface area contributed by atoms with E-state index in [1.54, 1.807) is 17.0 Å². The number of hydrogen-bond donors (Lipinski definition) is 2. The highest BCUT2D eigenvalue weighted by Gasteiger charge is 2.29. The predicted octanol–water partition coefficient (Wildman–Crippen LogP) is 3.21. The van der Waals surface area contributed by atoms with E-state index in [2.05, 4.69) is 5.32 Å². The number of nitrogen functional groups attached to an aromatic ring is 1. The summed E-state index contributed by atoms with van der Waals surface area (Å²) in [5.74, 6) is -0.957. The largest absolute Gasteiger partial charge is 0.399 e. The molecule has 2 aromatic carbocycles. The van der Waals surface area contributed by atoms with Crippen LogP contribution in [0.1, 0.15) is 28.8 Å². The summed E-state index contributed by atoms with van der Waals surface area (Å²) in [7, 11) is 0. The zero-order valence-electron chi connectivity index (χ0n) is 14.7. The Balaban J connectivity index is 1.67. The summed E-state index contributed by atoms with van der Waals surface area (Å²) in [6, 6.07) is 10.9. The lowest BCUT2D eigenvalue weighted by atomic mass is 9.96. The summed E-state index contributed by atoms with van der Waals surface area (Å²) in [6.07, 6.45) is 1.47. The number of nitrogens with zero attached hydrogens (tertiary/aromatic N) is 1. The van der Waals surface area contributed by atoms with Crippen molar-refractivity contribution < 1.29 is 14.0 Å². The molecule has 1 atom stereocenters. The van der Waals surface area contributed by atoms with Crippen LogP contribution in [0.4, 0.5) is 15.8 Å². The lowest BCUT2D eigenvalue weighted by Gasteiger charge is -2.32. The first-order chi connectivity index (χ1) is 12.4. The number of likely N-dealkylation sites (tertiary alicyclic amines) is 1. The molecule has 1 heterocycles. The van der Waals surface area contributed by atoms with E-state index >= 15 is 0 Å². The van der Waals surface area contributed by atoms with E-state index in [0.717, 1.165) is 18.4 Å². The minimum atomic E-state index is -0.380. The summed E-state index contributed by atoms with van der Waals surface area (Å²) in [4.78, 5) is 26.9. The summed E-state index contributed by atoms with van der Waals surface area (Å²) in [5, 5.41) is 2.92. The predicted molar refractivity (Wildman–Crippen MR) is 99.2 cm³/mol. The number of hydrogen-bond acceptors (Lipinski definition) is 3. The zero-order chi connectivity index (χ0) is 18.7. The number of carbonyl (C=O) groups is 2. The van der Waals surface area contributed by atoms with Gasteiger partial charge in [0.2, 0.25) is 5.91 Å². The molecule has 0 spiro atoms. The van der Waals surface area contributed by atoms with Crippen molar-refractivity contribution in [2.75, 3.05) is 24.1 Å². The van der Waals surface area contributed by atoms with Crippen molar-refractivity contribution in [1.29, 1.82) is 0 Å². The highest BCUT2D eigenvalue weighted by atomic mass is 19.1. The molecule has 0 radical (unpaired) electrons. The first kappa shape index (κ1) is 17.9. The molecule has 26 heavy (non-hydrogen) atoms. The third-order valence-electron chi connectivity index (χ3n) is 4.69. The molecule has 2 amide bonds. The van der Waals surface area contributed by atoms with Gasteiger partial charge < -0.3 is 16.0 Å². The number of aryl methyl sites for hydroxylation is 1. The first-order valence-electron chi connectivity index (χ1n) is 8.66. The molecule has 1 unspecified atom stereocenters. The number of nitrogens with two attached hydrogens (primary N) is 1. The Morgan fingerprint density at radius 2 is 1.92 bits per heavy atom. The van der Waals surface area contributed by atoms with Crippen molar-refractivity contribution in [2.24, 2.45) is 5.92 Å². The monoisotopic (exact) mass is 355 g/mol. The van der Waals surface area contributed by atoms with Crippen molar-refractivity contribution in [3.63, 3.8) is 0 Å². The maximum Gasteiger partial charge on any atom is 0.253 e. The number of amides is 2. The Morgan fingerprint density at radius 3 is 2.65 bits per heavy atom. The molecule has 3 rings (SSSR count). The molecule has 1 saturated heterocycles. The molecule has 1 aliphatic rings. The Kier molecular flexibility index (Phi) is 5.21. The Bertz CT molecular complexity index is 820. The van der Waals surface area contributed by atoms with Gasteiger partial charge in [-0.15, -0.1) is 0 Å². The van der Waals surface area contributed by atoms with Crippen LogP contribution in [0, 0.1) is 18.7 Å². The van der Waals surface area contributed by atoms with E-state index < -0.39 is 0 Å². The minimum Gasteiger partial charge on any atom is -0.399 e. The zero-order valence-corrected chi connectivity index (χ0v) is 14.7. The van der Waals surface area contributed by atoms with Gasteiger partial charge in [-0.05, 0) is 61.7 Å². The van der Waals surface area contributed by atoms with Crippen molar-refractivity contribution in [3.05, 3.63) is 59.4 Å². The molecule has 0 aromatic heterocycles. The smallest absolute Gasteiger partial charge is 0.253 e. The summed E-state index contributed by atoms with van der Waals surface area (Å²) in [6.45, 7) is 2.85. The number of piperidine rings is 1. The van der Waals surface area contributed by atoms with Crippen LogP contribution in [0.25, 0.3) is 0 Å². The van der Waals surface area contributed by atoms with Crippen LogP contribution in [0.5, 0.6) is 0 Å². The van der Waals surface area contributed by atoms with E-state index in [4.69, 9.17) is 5.73 Å². The van der Waals surface area contributed by atoms with Crippen LogP contribution in [-0.2, 0) is 4.79 Å². The molecular weight excluding hydrogens is 333 g/mol. The summed E-state index contributed by atoms with van der Waals surface area (Å²) < 4.78 is 13.0. The van der Waals surface area contributed by atoms with E-state index in [1.807, 2.05) is 13.0 Å². The quantitative estimate of drug-likeness (QED) is 0.830. The van der Waals surface area contributed by atoms with E-state index in [1.165, 1.54) is 24.3 Å². The number of rotatable bonds is 3. The highest BCUT2D eigenvalue weighted by Crippen LogP contribution is 2.23. The second-order valence-electron chi connectivity index (χ2n) is 6.66. The molecule has 0 saturated carbocycles. The van der Waals surface area contributed by atoms with Gasteiger partial charge in [-0.2, -0.15) is 0 Å². The molecular formula is C20H22FN3O2. The van der Waals surface area contributed by atoms with Crippen LogP contribution in [0.15, 0.2) is 42.5 Å². The Labute approximate surface area is 152 Å².